The van der Waals surface area contributed by atoms with Gasteiger partial charge < -0.3 is 5.32 Å². The van der Waals surface area contributed by atoms with Crippen LogP contribution in [0.25, 0.3) is 0 Å². The van der Waals surface area contributed by atoms with E-state index in [1.165, 1.54) is 77.4 Å². The minimum Gasteiger partial charge on any atom is -0.308 e. The zero-order chi connectivity index (χ0) is 14.4. The van der Waals surface area contributed by atoms with E-state index in [9.17, 15) is 0 Å². The molecule has 0 spiro atoms. The molecule has 1 N–H and O–H groups in total. The molecule has 118 valence electrons. The molecule has 2 heteroatoms. The molecule has 0 aromatic heterocycles. The Morgan fingerprint density at radius 1 is 1.05 bits per heavy atom. The predicted molar refractivity (Wildman–Crippen MR) is 88.2 cm³/mol. The average molecular weight is 280 g/mol. The molecular weight excluding hydrogens is 244 g/mol. The maximum absolute atomic E-state index is 3.86. The first-order valence-electron chi connectivity index (χ1n) is 9.22. The number of nitrogens with zero attached hydrogens (tertiary/aromatic N) is 1. The molecule has 1 heterocycles. The van der Waals surface area contributed by atoms with E-state index in [-0.39, 0.29) is 0 Å². The van der Waals surface area contributed by atoms with Crippen LogP contribution in [0.15, 0.2) is 0 Å². The summed E-state index contributed by atoms with van der Waals surface area (Å²) in [7, 11) is 0. The van der Waals surface area contributed by atoms with Crippen LogP contribution < -0.4 is 5.32 Å². The van der Waals surface area contributed by atoms with Crippen LogP contribution in [-0.2, 0) is 0 Å². The van der Waals surface area contributed by atoms with Crippen molar-refractivity contribution in [1.29, 1.82) is 0 Å². The summed E-state index contributed by atoms with van der Waals surface area (Å²) in [6.07, 6.45) is 12.7. The highest BCUT2D eigenvalue weighted by atomic mass is 15.2. The predicted octanol–water partition coefficient (Wildman–Crippen LogP) is 4.20. The fourth-order valence-electron chi connectivity index (χ4n) is 4.25. The van der Waals surface area contributed by atoms with Gasteiger partial charge in [0, 0.05) is 24.7 Å². The molecule has 2 fully saturated rings. The lowest BCUT2D eigenvalue weighted by molar-refractivity contribution is 0.0639. The molecule has 0 aromatic rings. The third-order valence-electron chi connectivity index (χ3n) is 6.11. The average Bonchev–Trinajstić information content (AvgIpc) is 2.53. The normalized spacial score (nSPS) is 28.6. The van der Waals surface area contributed by atoms with Crippen molar-refractivity contribution in [2.24, 2.45) is 5.92 Å². The van der Waals surface area contributed by atoms with Crippen LogP contribution in [0.3, 0.4) is 0 Å². The van der Waals surface area contributed by atoms with Crippen LogP contribution in [0.1, 0.15) is 78.6 Å². The maximum atomic E-state index is 3.86. The third kappa shape index (κ3) is 3.98. The largest absolute Gasteiger partial charge is 0.308 e. The van der Waals surface area contributed by atoms with Crippen molar-refractivity contribution in [3.05, 3.63) is 0 Å². The van der Waals surface area contributed by atoms with Crippen molar-refractivity contribution in [1.82, 2.24) is 10.2 Å². The minimum atomic E-state index is 0.387. The molecule has 1 saturated carbocycles. The zero-order valence-corrected chi connectivity index (χ0v) is 14.1. The summed E-state index contributed by atoms with van der Waals surface area (Å²) in [6.45, 7) is 10.9. The summed E-state index contributed by atoms with van der Waals surface area (Å²) in [5, 5.41) is 3.86. The second-order valence-electron chi connectivity index (χ2n) is 7.19. The quantitative estimate of drug-likeness (QED) is 0.784. The molecule has 0 amide bonds. The number of hydrogen-bond donors (Lipinski definition) is 1. The first kappa shape index (κ1) is 16.3. The summed E-state index contributed by atoms with van der Waals surface area (Å²) in [5.74, 6) is 1.02. The molecular formula is C18H36N2. The zero-order valence-electron chi connectivity index (χ0n) is 14.1. The van der Waals surface area contributed by atoms with Crippen LogP contribution in [0.2, 0.25) is 0 Å². The van der Waals surface area contributed by atoms with E-state index in [1.54, 1.807) is 0 Å². The summed E-state index contributed by atoms with van der Waals surface area (Å²) in [6, 6.07) is 0.768. The number of piperazine rings is 1. The Labute approximate surface area is 126 Å². The van der Waals surface area contributed by atoms with Gasteiger partial charge in [-0.25, -0.2) is 0 Å². The second kappa shape index (κ2) is 7.79. The first-order valence-corrected chi connectivity index (χ1v) is 9.22. The van der Waals surface area contributed by atoms with Crippen LogP contribution in [0, 0.1) is 5.92 Å². The molecule has 1 atom stereocenters. The Hall–Kier alpha value is -0.0800. The smallest absolute Gasteiger partial charge is 0.0304 e. The number of nitrogens with one attached hydrogen (secondary N) is 1. The second-order valence-corrected chi connectivity index (χ2v) is 7.19. The van der Waals surface area contributed by atoms with E-state index in [0.717, 1.165) is 12.0 Å². The Kier molecular flexibility index (Phi) is 6.35. The Morgan fingerprint density at radius 3 is 2.35 bits per heavy atom. The number of rotatable bonds is 6. The van der Waals surface area contributed by atoms with Gasteiger partial charge in [0.2, 0.25) is 0 Å². The van der Waals surface area contributed by atoms with Crippen molar-refractivity contribution < 1.29 is 0 Å². The Bertz CT molecular complexity index is 267. The molecule has 1 aliphatic carbocycles. The van der Waals surface area contributed by atoms with Crippen LogP contribution in [-0.4, -0.2) is 36.1 Å². The van der Waals surface area contributed by atoms with Crippen molar-refractivity contribution in [2.75, 3.05) is 19.6 Å². The van der Waals surface area contributed by atoms with Gasteiger partial charge in [0.25, 0.3) is 0 Å². The number of hydrogen-bond acceptors (Lipinski definition) is 2. The van der Waals surface area contributed by atoms with Gasteiger partial charge in [0.15, 0.2) is 0 Å². The summed E-state index contributed by atoms with van der Waals surface area (Å²) in [5.41, 5.74) is 0.387. The Balaban J connectivity index is 1.87. The molecule has 1 aliphatic heterocycles. The van der Waals surface area contributed by atoms with Gasteiger partial charge >= 0.3 is 0 Å². The van der Waals surface area contributed by atoms with Gasteiger partial charge in [-0.05, 0) is 38.1 Å². The van der Waals surface area contributed by atoms with Crippen LogP contribution >= 0.6 is 0 Å². The molecule has 2 aliphatic rings. The molecule has 2 rings (SSSR count). The van der Waals surface area contributed by atoms with E-state index >= 15 is 0 Å². The van der Waals surface area contributed by atoms with Crippen LogP contribution in [0.4, 0.5) is 0 Å². The fourth-order valence-corrected chi connectivity index (χ4v) is 4.25. The van der Waals surface area contributed by atoms with E-state index in [1.807, 2.05) is 0 Å². The van der Waals surface area contributed by atoms with Gasteiger partial charge in [0.1, 0.15) is 0 Å². The van der Waals surface area contributed by atoms with Gasteiger partial charge in [-0.1, -0.05) is 52.9 Å². The van der Waals surface area contributed by atoms with E-state index in [4.69, 9.17) is 0 Å². The highest BCUT2D eigenvalue weighted by Crippen LogP contribution is 2.29. The van der Waals surface area contributed by atoms with Gasteiger partial charge in [0.05, 0.1) is 0 Å². The monoisotopic (exact) mass is 280 g/mol. The molecule has 20 heavy (non-hydrogen) atoms. The lowest BCUT2D eigenvalue weighted by Gasteiger charge is -2.48. The molecule has 0 radical (unpaired) electrons. The van der Waals surface area contributed by atoms with Gasteiger partial charge in [-0.2, -0.15) is 0 Å². The summed E-state index contributed by atoms with van der Waals surface area (Å²) < 4.78 is 0. The standard InChI is InChI=1S/C18H36N2/c1-4-17-14-19-18(5-2,6-3)15-20(17)13-12-16-10-8-7-9-11-16/h16-17,19H,4-15H2,1-3H3. The van der Waals surface area contributed by atoms with Gasteiger partial charge in [-0.15, -0.1) is 0 Å². The minimum absolute atomic E-state index is 0.387. The van der Waals surface area contributed by atoms with Crippen molar-refractivity contribution in [3.63, 3.8) is 0 Å². The molecule has 0 bridgehead atoms. The highest BCUT2D eigenvalue weighted by Gasteiger charge is 2.35. The van der Waals surface area contributed by atoms with Crippen molar-refractivity contribution in [2.45, 2.75) is 90.1 Å². The lowest BCUT2D eigenvalue weighted by Crippen LogP contribution is -2.63. The fraction of sp³-hybridized carbons (Fsp3) is 1.00. The molecule has 2 nitrogen and oxygen atoms in total. The van der Waals surface area contributed by atoms with Crippen molar-refractivity contribution in [3.8, 4) is 0 Å². The van der Waals surface area contributed by atoms with E-state index in [2.05, 4.69) is 31.0 Å². The Morgan fingerprint density at radius 2 is 1.75 bits per heavy atom. The molecule has 1 unspecified atom stereocenters. The maximum Gasteiger partial charge on any atom is 0.0304 e. The highest BCUT2D eigenvalue weighted by molar-refractivity contribution is 4.96. The molecule has 1 saturated heterocycles. The lowest BCUT2D eigenvalue weighted by atomic mass is 9.85. The van der Waals surface area contributed by atoms with Gasteiger partial charge in [-0.3, -0.25) is 4.90 Å². The van der Waals surface area contributed by atoms with E-state index in [0.29, 0.717) is 5.54 Å². The van der Waals surface area contributed by atoms with Crippen LogP contribution in [0.5, 0.6) is 0 Å². The van der Waals surface area contributed by atoms with Crippen molar-refractivity contribution >= 4 is 0 Å². The van der Waals surface area contributed by atoms with E-state index < -0.39 is 0 Å². The third-order valence-corrected chi connectivity index (χ3v) is 6.11. The molecule has 0 aromatic carbocycles. The first-order chi connectivity index (χ1) is 9.73. The summed E-state index contributed by atoms with van der Waals surface area (Å²) >= 11 is 0. The topological polar surface area (TPSA) is 15.3 Å². The summed E-state index contributed by atoms with van der Waals surface area (Å²) in [4.78, 5) is 2.82. The SMILES string of the molecule is CCC1CNC(CC)(CC)CN1CCC1CCCCC1.